The smallest absolute Gasteiger partial charge is 0.0480 e. The summed E-state index contributed by atoms with van der Waals surface area (Å²) < 4.78 is 5.77. The molecule has 126 valence electrons. The highest BCUT2D eigenvalue weighted by molar-refractivity contribution is 4.71. The summed E-state index contributed by atoms with van der Waals surface area (Å²) in [4.78, 5) is 0. The molecule has 21 heavy (non-hydrogen) atoms. The molecule has 1 unspecified atom stereocenters. The van der Waals surface area contributed by atoms with Crippen LogP contribution in [-0.4, -0.2) is 25.8 Å². The average Bonchev–Trinajstić information content (AvgIpc) is 2.53. The minimum Gasteiger partial charge on any atom is -0.381 e. The SMILES string of the molecule is CCCCCCCCCCCCOCCC1CCCCN1. The standard InChI is InChI=1S/C19H39NO/c1-2-3-4-5-6-7-8-9-10-13-17-21-18-15-19-14-11-12-16-20-19/h19-20H,2-18H2,1H3. The number of piperidine rings is 1. The minimum atomic E-state index is 0.728. The predicted molar refractivity (Wildman–Crippen MR) is 92.9 cm³/mol. The molecule has 0 bridgehead atoms. The van der Waals surface area contributed by atoms with Crippen LogP contribution in [0.25, 0.3) is 0 Å². The molecule has 1 fully saturated rings. The van der Waals surface area contributed by atoms with Crippen molar-refractivity contribution in [1.82, 2.24) is 5.32 Å². The Morgan fingerprint density at radius 1 is 0.810 bits per heavy atom. The third-order valence-corrected chi connectivity index (χ3v) is 4.67. The van der Waals surface area contributed by atoms with Gasteiger partial charge in [-0.3, -0.25) is 0 Å². The summed E-state index contributed by atoms with van der Waals surface area (Å²) in [5, 5.41) is 3.58. The molecule has 1 saturated heterocycles. The van der Waals surface area contributed by atoms with E-state index in [9.17, 15) is 0 Å². The van der Waals surface area contributed by atoms with E-state index in [1.54, 1.807) is 0 Å². The van der Waals surface area contributed by atoms with Crippen LogP contribution in [0.4, 0.5) is 0 Å². The van der Waals surface area contributed by atoms with Crippen molar-refractivity contribution in [1.29, 1.82) is 0 Å². The molecular weight excluding hydrogens is 258 g/mol. The van der Waals surface area contributed by atoms with Crippen LogP contribution in [-0.2, 0) is 4.74 Å². The molecule has 1 atom stereocenters. The van der Waals surface area contributed by atoms with Crippen LogP contribution in [0.1, 0.15) is 96.8 Å². The Bertz CT molecular complexity index is 202. The molecule has 1 rings (SSSR count). The number of hydrogen-bond donors (Lipinski definition) is 1. The lowest BCUT2D eigenvalue weighted by atomic mass is 10.0. The summed E-state index contributed by atoms with van der Waals surface area (Å²) >= 11 is 0. The van der Waals surface area contributed by atoms with E-state index >= 15 is 0 Å². The van der Waals surface area contributed by atoms with Crippen LogP contribution in [0.5, 0.6) is 0 Å². The van der Waals surface area contributed by atoms with Crippen LogP contribution < -0.4 is 5.32 Å². The van der Waals surface area contributed by atoms with Gasteiger partial charge in [0.05, 0.1) is 0 Å². The van der Waals surface area contributed by atoms with Crippen molar-refractivity contribution >= 4 is 0 Å². The zero-order valence-electron chi connectivity index (χ0n) is 14.5. The highest BCUT2D eigenvalue weighted by atomic mass is 16.5. The molecule has 0 aliphatic carbocycles. The predicted octanol–water partition coefficient (Wildman–Crippen LogP) is 5.46. The van der Waals surface area contributed by atoms with Crippen molar-refractivity contribution in [2.24, 2.45) is 0 Å². The molecule has 1 N–H and O–H groups in total. The second-order valence-corrected chi connectivity index (χ2v) is 6.73. The summed E-state index contributed by atoms with van der Waals surface area (Å²) in [6, 6.07) is 0.728. The molecule has 0 radical (unpaired) electrons. The molecule has 0 spiro atoms. The van der Waals surface area contributed by atoms with Gasteiger partial charge in [0.2, 0.25) is 0 Å². The van der Waals surface area contributed by atoms with E-state index in [0.29, 0.717) is 0 Å². The molecule has 0 aromatic rings. The van der Waals surface area contributed by atoms with E-state index in [0.717, 1.165) is 19.3 Å². The third kappa shape index (κ3) is 12.2. The van der Waals surface area contributed by atoms with Crippen molar-refractivity contribution in [3.05, 3.63) is 0 Å². The van der Waals surface area contributed by atoms with Gasteiger partial charge in [-0.2, -0.15) is 0 Å². The van der Waals surface area contributed by atoms with Crippen molar-refractivity contribution in [3.8, 4) is 0 Å². The Kier molecular flexibility index (Phi) is 13.4. The number of nitrogens with one attached hydrogen (secondary N) is 1. The molecule has 2 nitrogen and oxygen atoms in total. The van der Waals surface area contributed by atoms with Crippen LogP contribution in [0.2, 0.25) is 0 Å². The molecule has 0 amide bonds. The van der Waals surface area contributed by atoms with Crippen molar-refractivity contribution in [3.63, 3.8) is 0 Å². The fourth-order valence-electron chi connectivity index (χ4n) is 3.19. The van der Waals surface area contributed by atoms with Crippen molar-refractivity contribution in [2.75, 3.05) is 19.8 Å². The maximum absolute atomic E-state index is 5.77. The molecule has 0 aromatic heterocycles. The summed E-state index contributed by atoms with van der Waals surface area (Å²) in [7, 11) is 0. The molecule has 2 heteroatoms. The second-order valence-electron chi connectivity index (χ2n) is 6.73. The molecule has 1 heterocycles. The average molecular weight is 298 g/mol. The minimum absolute atomic E-state index is 0.728. The van der Waals surface area contributed by atoms with E-state index in [1.165, 1.54) is 96.4 Å². The van der Waals surface area contributed by atoms with Crippen LogP contribution >= 0.6 is 0 Å². The number of hydrogen-bond acceptors (Lipinski definition) is 2. The lowest BCUT2D eigenvalue weighted by molar-refractivity contribution is 0.117. The van der Waals surface area contributed by atoms with E-state index in [4.69, 9.17) is 4.74 Å². The van der Waals surface area contributed by atoms with Gasteiger partial charge in [-0.15, -0.1) is 0 Å². The third-order valence-electron chi connectivity index (χ3n) is 4.67. The Balaban J connectivity index is 1.69. The normalized spacial score (nSPS) is 19.0. The van der Waals surface area contributed by atoms with Gasteiger partial charge in [0.1, 0.15) is 0 Å². The number of unbranched alkanes of at least 4 members (excludes halogenated alkanes) is 9. The summed E-state index contributed by atoms with van der Waals surface area (Å²) in [6.45, 7) is 5.43. The van der Waals surface area contributed by atoms with Gasteiger partial charge in [-0.25, -0.2) is 0 Å². The Hall–Kier alpha value is -0.0800. The first-order chi connectivity index (χ1) is 10.4. The Morgan fingerprint density at radius 2 is 1.48 bits per heavy atom. The molecule has 1 aliphatic heterocycles. The molecule has 0 saturated carbocycles. The first-order valence-corrected chi connectivity index (χ1v) is 9.74. The maximum Gasteiger partial charge on any atom is 0.0480 e. The Labute approximate surface area is 133 Å². The van der Waals surface area contributed by atoms with Gasteiger partial charge in [-0.1, -0.05) is 71.1 Å². The van der Waals surface area contributed by atoms with Gasteiger partial charge in [0.25, 0.3) is 0 Å². The van der Waals surface area contributed by atoms with E-state index < -0.39 is 0 Å². The number of ether oxygens (including phenoxy) is 1. The van der Waals surface area contributed by atoms with E-state index in [1.807, 2.05) is 0 Å². The van der Waals surface area contributed by atoms with Gasteiger partial charge in [0.15, 0.2) is 0 Å². The lowest BCUT2D eigenvalue weighted by Gasteiger charge is -2.23. The quantitative estimate of drug-likeness (QED) is 0.430. The zero-order valence-corrected chi connectivity index (χ0v) is 14.5. The number of rotatable bonds is 14. The lowest BCUT2D eigenvalue weighted by Crippen LogP contribution is -2.34. The van der Waals surface area contributed by atoms with E-state index in [2.05, 4.69) is 12.2 Å². The van der Waals surface area contributed by atoms with Crippen LogP contribution in [0, 0.1) is 0 Å². The first kappa shape index (κ1) is 19.0. The van der Waals surface area contributed by atoms with Crippen LogP contribution in [0.15, 0.2) is 0 Å². The van der Waals surface area contributed by atoms with Crippen LogP contribution in [0.3, 0.4) is 0 Å². The summed E-state index contributed by atoms with van der Waals surface area (Å²) in [5.41, 5.74) is 0. The largest absolute Gasteiger partial charge is 0.381 e. The van der Waals surface area contributed by atoms with Crippen molar-refractivity contribution in [2.45, 2.75) is 103 Å². The fourth-order valence-corrected chi connectivity index (χ4v) is 3.19. The monoisotopic (exact) mass is 297 g/mol. The second kappa shape index (κ2) is 14.8. The summed E-state index contributed by atoms with van der Waals surface area (Å²) in [6.07, 6.45) is 19.3. The van der Waals surface area contributed by atoms with Gasteiger partial charge in [0, 0.05) is 19.3 Å². The fraction of sp³-hybridized carbons (Fsp3) is 1.00. The van der Waals surface area contributed by atoms with E-state index in [-0.39, 0.29) is 0 Å². The summed E-state index contributed by atoms with van der Waals surface area (Å²) in [5.74, 6) is 0. The van der Waals surface area contributed by atoms with Gasteiger partial charge < -0.3 is 10.1 Å². The highest BCUT2D eigenvalue weighted by Crippen LogP contribution is 2.11. The maximum atomic E-state index is 5.77. The molecule has 0 aromatic carbocycles. The first-order valence-electron chi connectivity index (χ1n) is 9.74. The zero-order chi connectivity index (χ0) is 15.0. The van der Waals surface area contributed by atoms with Gasteiger partial charge >= 0.3 is 0 Å². The molecule has 1 aliphatic rings. The molecular formula is C19H39NO. The van der Waals surface area contributed by atoms with Crippen molar-refractivity contribution < 1.29 is 4.74 Å². The van der Waals surface area contributed by atoms with Gasteiger partial charge in [-0.05, 0) is 32.2 Å². The highest BCUT2D eigenvalue weighted by Gasteiger charge is 2.11. The Morgan fingerprint density at radius 3 is 2.10 bits per heavy atom. The topological polar surface area (TPSA) is 21.3 Å².